The van der Waals surface area contributed by atoms with Crippen LogP contribution in [-0.2, 0) is 14.4 Å². The lowest BCUT2D eigenvalue weighted by Gasteiger charge is -2.09. The smallest absolute Gasteiger partial charge is 0.262 e. The molecule has 0 saturated carbocycles. The number of amides is 3. The molecule has 2 rings (SSSR count). The second-order valence-electron chi connectivity index (χ2n) is 5.30. The van der Waals surface area contributed by atoms with E-state index in [1.54, 1.807) is 48.5 Å². The zero-order valence-corrected chi connectivity index (χ0v) is 14.0. The number of carbonyl (C=O) groups excluding carboxylic acids is 3. The molecule has 130 valence electrons. The number of carbonyl (C=O) groups is 3. The fraction of sp³-hybridized carbons (Fsp3) is 0.167. The van der Waals surface area contributed by atoms with Crippen LogP contribution in [0, 0.1) is 0 Å². The summed E-state index contributed by atoms with van der Waals surface area (Å²) in [5.74, 6) is -0.101. The minimum absolute atomic E-state index is 0.146. The largest absolute Gasteiger partial charge is 0.484 e. The van der Waals surface area contributed by atoms with Gasteiger partial charge in [0.15, 0.2) is 6.61 Å². The Balaban J connectivity index is 1.82. The van der Waals surface area contributed by atoms with Crippen molar-refractivity contribution in [2.75, 3.05) is 22.6 Å². The molecule has 3 N–H and O–H groups in total. The molecule has 0 heterocycles. The van der Waals surface area contributed by atoms with Crippen molar-refractivity contribution in [3.63, 3.8) is 0 Å². The Bertz CT molecular complexity index is 755. The van der Waals surface area contributed by atoms with Crippen molar-refractivity contribution in [2.24, 2.45) is 0 Å². The highest BCUT2D eigenvalue weighted by Crippen LogP contribution is 2.16. The maximum atomic E-state index is 11.9. The van der Waals surface area contributed by atoms with Gasteiger partial charge in [0, 0.05) is 30.9 Å². The predicted octanol–water partition coefficient (Wildman–Crippen LogP) is 2.62. The first kappa shape index (κ1) is 18.0. The summed E-state index contributed by atoms with van der Waals surface area (Å²) in [5.41, 5.74) is 1.91. The molecule has 7 nitrogen and oxygen atoms in total. The number of ether oxygens (including phenoxy) is 1. The molecule has 25 heavy (non-hydrogen) atoms. The molecule has 0 fully saturated rings. The molecule has 0 spiro atoms. The van der Waals surface area contributed by atoms with Gasteiger partial charge >= 0.3 is 0 Å². The van der Waals surface area contributed by atoms with Gasteiger partial charge in [-0.05, 0) is 48.5 Å². The van der Waals surface area contributed by atoms with Crippen molar-refractivity contribution in [1.29, 1.82) is 0 Å². The Morgan fingerprint density at radius 1 is 0.720 bits per heavy atom. The van der Waals surface area contributed by atoms with Gasteiger partial charge in [0.2, 0.25) is 11.8 Å². The van der Waals surface area contributed by atoms with E-state index < -0.39 is 0 Å². The van der Waals surface area contributed by atoms with Gasteiger partial charge in [0.05, 0.1) is 0 Å². The minimum Gasteiger partial charge on any atom is -0.484 e. The summed E-state index contributed by atoms with van der Waals surface area (Å²) in [7, 11) is 0. The Morgan fingerprint density at radius 3 is 1.56 bits per heavy atom. The van der Waals surface area contributed by atoms with E-state index in [1.807, 2.05) is 0 Å². The highest BCUT2D eigenvalue weighted by Gasteiger charge is 2.05. The summed E-state index contributed by atoms with van der Waals surface area (Å²) in [6.45, 7) is 2.71. The van der Waals surface area contributed by atoms with Crippen LogP contribution in [0.3, 0.4) is 0 Å². The summed E-state index contributed by atoms with van der Waals surface area (Å²) < 4.78 is 5.39. The second kappa shape index (κ2) is 8.49. The van der Waals surface area contributed by atoms with Gasteiger partial charge in [0.1, 0.15) is 5.75 Å². The van der Waals surface area contributed by atoms with Crippen LogP contribution in [-0.4, -0.2) is 24.3 Å². The van der Waals surface area contributed by atoms with Crippen LogP contribution in [0.2, 0.25) is 0 Å². The maximum Gasteiger partial charge on any atom is 0.262 e. The maximum absolute atomic E-state index is 11.9. The van der Waals surface area contributed by atoms with E-state index in [0.29, 0.717) is 22.8 Å². The van der Waals surface area contributed by atoms with E-state index in [4.69, 9.17) is 4.74 Å². The highest BCUT2D eigenvalue weighted by atomic mass is 16.5. The topological polar surface area (TPSA) is 96.5 Å². The predicted molar refractivity (Wildman–Crippen MR) is 95.6 cm³/mol. The van der Waals surface area contributed by atoms with Gasteiger partial charge in [-0.25, -0.2) is 0 Å². The zero-order valence-electron chi connectivity index (χ0n) is 14.0. The zero-order chi connectivity index (χ0) is 18.2. The molecule has 0 aromatic heterocycles. The van der Waals surface area contributed by atoms with Crippen LogP contribution in [0.15, 0.2) is 48.5 Å². The molecule has 2 aromatic carbocycles. The summed E-state index contributed by atoms with van der Waals surface area (Å²) in [4.78, 5) is 33.8. The third kappa shape index (κ3) is 6.34. The number of hydrogen-bond donors (Lipinski definition) is 3. The van der Waals surface area contributed by atoms with Crippen molar-refractivity contribution in [2.45, 2.75) is 13.8 Å². The molecular formula is C18H19N3O4. The van der Waals surface area contributed by atoms with Gasteiger partial charge in [0.25, 0.3) is 5.91 Å². The van der Waals surface area contributed by atoms with Crippen molar-refractivity contribution < 1.29 is 19.1 Å². The lowest BCUT2D eigenvalue weighted by molar-refractivity contribution is -0.118. The molecular weight excluding hydrogens is 322 g/mol. The summed E-state index contributed by atoms with van der Waals surface area (Å²) in [5, 5.41) is 7.99. The molecule has 0 bridgehead atoms. The minimum atomic E-state index is -0.307. The molecule has 0 saturated heterocycles. The normalized spacial score (nSPS) is 9.84. The molecule has 0 unspecified atom stereocenters. The first-order valence-electron chi connectivity index (χ1n) is 7.60. The fourth-order valence-corrected chi connectivity index (χ4v) is 2.02. The molecule has 7 heteroatoms. The first-order valence-corrected chi connectivity index (χ1v) is 7.60. The lowest BCUT2D eigenvalue weighted by atomic mass is 10.2. The Hall–Kier alpha value is -3.35. The van der Waals surface area contributed by atoms with Crippen LogP contribution in [0.4, 0.5) is 17.1 Å². The SMILES string of the molecule is CC(=O)Nc1ccc(NC(=O)COc2ccc(NC(C)=O)cc2)cc1. The molecule has 3 amide bonds. The monoisotopic (exact) mass is 341 g/mol. The Morgan fingerprint density at radius 2 is 1.12 bits per heavy atom. The quantitative estimate of drug-likeness (QED) is 0.752. The van der Waals surface area contributed by atoms with E-state index in [1.165, 1.54) is 13.8 Å². The average Bonchev–Trinajstić information content (AvgIpc) is 2.55. The van der Waals surface area contributed by atoms with Crippen molar-refractivity contribution in [3.05, 3.63) is 48.5 Å². The molecule has 0 aliphatic carbocycles. The fourth-order valence-electron chi connectivity index (χ4n) is 2.02. The van der Waals surface area contributed by atoms with Gasteiger partial charge in [-0.2, -0.15) is 0 Å². The number of nitrogens with one attached hydrogen (secondary N) is 3. The van der Waals surface area contributed by atoms with Crippen LogP contribution in [0.5, 0.6) is 5.75 Å². The number of benzene rings is 2. The van der Waals surface area contributed by atoms with Crippen LogP contribution >= 0.6 is 0 Å². The van der Waals surface area contributed by atoms with Crippen LogP contribution in [0.25, 0.3) is 0 Å². The van der Waals surface area contributed by atoms with Crippen molar-refractivity contribution in [1.82, 2.24) is 0 Å². The second-order valence-corrected chi connectivity index (χ2v) is 5.30. The van der Waals surface area contributed by atoms with Crippen LogP contribution in [0.1, 0.15) is 13.8 Å². The third-order valence-electron chi connectivity index (χ3n) is 3.03. The highest BCUT2D eigenvalue weighted by molar-refractivity contribution is 5.93. The van der Waals surface area contributed by atoms with E-state index >= 15 is 0 Å². The first-order chi connectivity index (χ1) is 11.9. The molecule has 2 aromatic rings. The summed E-state index contributed by atoms with van der Waals surface area (Å²) in [6.07, 6.45) is 0. The molecule has 0 atom stereocenters. The number of rotatable bonds is 6. The van der Waals surface area contributed by atoms with E-state index in [0.717, 1.165) is 0 Å². The van der Waals surface area contributed by atoms with Crippen molar-refractivity contribution in [3.8, 4) is 5.75 Å². The number of anilines is 3. The van der Waals surface area contributed by atoms with Crippen molar-refractivity contribution >= 4 is 34.8 Å². The van der Waals surface area contributed by atoms with Gasteiger partial charge in [-0.1, -0.05) is 0 Å². The standard InChI is InChI=1S/C18H19N3O4/c1-12(22)19-14-3-5-16(6-4-14)21-18(24)11-25-17-9-7-15(8-10-17)20-13(2)23/h3-10H,11H2,1-2H3,(H,19,22)(H,20,23)(H,21,24). The van der Waals surface area contributed by atoms with Gasteiger partial charge < -0.3 is 20.7 Å². The lowest BCUT2D eigenvalue weighted by Crippen LogP contribution is -2.20. The van der Waals surface area contributed by atoms with Gasteiger partial charge in [-0.3, -0.25) is 14.4 Å². The average molecular weight is 341 g/mol. The van der Waals surface area contributed by atoms with Crippen LogP contribution < -0.4 is 20.7 Å². The molecule has 0 aliphatic rings. The van der Waals surface area contributed by atoms with Gasteiger partial charge in [-0.15, -0.1) is 0 Å². The van der Waals surface area contributed by atoms with E-state index in [-0.39, 0.29) is 24.3 Å². The summed E-state index contributed by atoms with van der Waals surface area (Å²) in [6, 6.07) is 13.5. The molecule has 0 aliphatic heterocycles. The number of hydrogen-bond acceptors (Lipinski definition) is 4. The summed E-state index contributed by atoms with van der Waals surface area (Å²) >= 11 is 0. The Kier molecular flexibility index (Phi) is 6.11. The molecule has 0 radical (unpaired) electrons. The third-order valence-corrected chi connectivity index (χ3v) is 3.03. The van der Waals surface area contributed by atoms with E-state index in [9.17, 15) is 14.4 Å². The Labute approximate surface area is 145 Å². The van der Waals surface area contributed by atoms with E-state index in [2.05, 4.69) is 16.0 Å².